The summed E-state index contributed by atoms with van der Waals surface area (Å²) in [5.74, 6) is 0.290. The van der Waals surface area contributed by atoms with E-state index in [-0.39, 0.29) is 11.7 Å². The first-order valence-electron chi connectivity index (χ1n) is 14.2. The van der Waals surface area contributed by atoms with Crippen LogP contribution in [0.3, 0.4) is 0 Å². The third-order valence-electron chi connectivity index (χ3n) is 7.51. The second-order valence-electron chi connectivity index (χ2n) is 11.0. The van der Waals surface area contributed by atoms with Gasteiger partial charge >= 0.3 is 0 Å². The lowest BCUT2D eigenvalue weighted by molar-refractivity contribution is 0.0945. The second-order valence-corrected chi connectivity index (χ2v) is 11.0. The van der Waals surface area contributed by atoms with E-state index in [1.807, 2.05) is 24.3 Å². The number of unbranched alkanes of at least 4 members (excludes halogenated alkanes) is 1. The van der Waals surface area contributed by atoms with Gasteiger partial charge in [-0.3, -0.25) is 14.5 Å². The van der Waals surface area contributed by atoms with E-state index in [0.29, 0.717) is 41.8 Å². The predicted molar refractivity (Wildman–Crippen MR) is 154 cm³/mol. The number of halogens is 1. The lowest BCUT2D eigenvalue weighted by Crippen LogP contribution is -2.23. The number of hydrogen-bond donors (Lipinski definition) is 2. The standard InChI is InChI=1S/C31H33FN8O/c1-19(2)26-13-10-20(16-33-26)17-34-31(41)27-18-40(39-37-27)14-6-5-7-22-15-24-28(21-11-12-21)29(35-30(24)38-36-22)23-8-3-4-9-25(23)32/h3-4,8-10,13,15-16,18-19,21H,5-7,11-12,14,17H2,1-2H3,(H,34,41)(H,35,38). The number of rotatable bonds is 11. The first-order chi connectivity index (χ1) is 20.0. The number of benzene rings is 1. The van der Waals surface area contributed by atoms with Gasteiger partial charge in [0.15, 0.2) is 11.3 Å². The number of aromatic nitrogens is 7. The molecule has 0 saturated heterocycles. The number of aromatic amines is 1. The Kier molecular flexibility index (Phi) is 7.54. The van der Waals surface area contributed by atoms with E-state index in [9.17, 15) is 9.18 Å². The number of nitrogens with one attached hydrogen (secondary N) is 2. The van der Waals surface area contributed by atoms with Gasteiger partial charge in [0, 0.05) is 35.9 Å². The van der Waals surface area contributed by atoms with E-state index in [4.69, 9.17) is 0 Å². The Labute approximate surface area is 237 Å². The van der Waals surface area contributed by atoms with Gasteiger partial charge < -0.3 is 10.3 Å². The van der Waals surface area contributed by atoms with Gasteiger partial charge in [-0.15, -0.1) is 10.2 Å². The summed E-state index contributed by atoms with van der Waals surface area (Å²) in [5.41, 5.74) is 6.41. The third-order valence-corrected chi connectivity index (χ3v) is 7.51. The highest BCUT2D eigenvalue weighted by atomic mass is 19.1. The molecule has 0 unspecified atom stereocenters. The van der Waals surface area contributed by atoms with Crippen LogP contribution in [0.4, 0.5) is 4.39 Å². The van der Waals surface area contributed by atoms with Crippen molar-refractivity contribution in [2.75, 3.05) is 0 Å². The summed E-state index contributed by atoms with van der Waals surface area (Å²) in [7, 11) is 0. The van der Waals surface area contributed by atoms with E-state index >= 15 is 0 Å². The fraction of sp³-hybridized carbons (Fsp3) is 0.355. The number of fused-ring (bicyclic) bond motifs is 1. The molecule has 210 valence electrons. The highest BCUT2D eigenvalue weighted by Gasteiger charge is 2.31. The van der Waals surface area contributed by atoms with Crippen LogP contribution in [0, 0.1) is 5.82 Å². The van der Waals surface area contributed by atoms with Gasteiger partial charge in [-0.1, -0.05) is 37.3 Å². The molecule has 0 atom stereocenters. The second kappa shape index (κ2) is 11.6. The summed E-state index contributed by atoms with van der Waals surface area (Å²) in [6.45, 7) is 5.22. The van der Waals surface area contributed by atoms with Gasteiger partial charge in [0.2, 0.25) is 0 Å². The van der Waals surface area contributed by atoms with Crippen molar-refractivity contribution in [1.82, 2.24) is 40.5 Å². The fourth-order valence-corrected chi connectivity index (χ4v) is 5.09. The van der Waals surface area contributed by atoms with Gasteiger partial charge in [-0.05, 0) is 79.3 Å². The summed E-state index contributed by atoms with van der Waals surface area (Å²) in [5, 5.41) is 20.9. The first-order valence-corrected chi connectivity index (χ1v) is 14.2. The van der Waals surface area contributed by atoms with Crippen molar-refractivity contribution >= 4 is 16.9 Å². The molecular formula is C31H33FN8O. The molecular weight excluding hydrogens is 519 g/mol. The van der Waals surface area contributed by atoms with Crippen LogP contribution in [0.1, 0.15) is 84.4 Å². The van der Waals surface area contributed by atoms with Crippen LogP contribution in [0.25, 0.3) is 22.3 Å². The number of nitrogens with zero attached hydrogens (tertiary/aromatic N) is 6. The lowest BCUT2D eigenvalue weighted by Gasteiger charge is -2.06. The SMILES string of the molecule is CC(C)c1ccc(CNC(=O)c2cn(CCCCc3cc4c(C5CC5)c(-c5ccccc5F)[nH]c4nn3)nn2)cn1. The van der Waals surface area contributed by atoms with Crippen molar-refractivity contribution in [1.29, 1.82) is 0 Å². The molecule has 2 N–H and O–H groups in total. The minimum Gasteiger partial charge on any atom is -0.346 e. The van der Waals surface area contributed by atoms with Crippen LogP contribution in [0.2, 0.25) is 0 Å². The zero-order valence-electron chi connectivity index (χ0n) is 23.3. The average Bonchev–Trinajstić information content (AvgIpc) is 3.58. The normalized spacial score (nSPS) is 13.3. The van der Waals surface area contributed by atoms with Crippen molar-refractivity contribution in [3.8, 4) is 11.3 Å². The molecule has 1 aromatic carbocycles. The molecule has 0 bridgehead atoms. The van der Waals surface area contributed by atoms with Gasteiger partial charge in [0.25, 0.3) is 5.91 Å². The summed E-state index contributed by atoms with van der Waals surface area (Å²) in [6.07, 6.45) is 8.16. The average molecular weight is 553 g/mol. The number of pyridine rings is 1. The summed E-state index contributed by atoms with van der Waals surface area (Å²) >= 11 is 0. The van der Waals surface area contributed by atoms with E-state index in [1.54, 1.807) is 23.1 Å². The minimum absolute atomic E-state index is 0.239. The molecule has 6 rings (SSSR count). The van der Waals surface area contributed by atoms with Crippen LogP contribution < -0.4 is 5.32 Å². The summed E-state index contributed by atoms with van der Waals surface area (Å²) in [4.78, 5) is 20.3. The molecule has 1 amide bonds. The molecule has 1 aliphatic carbocycles. The maximum absolute atomic E-state index is 14.6. The number of hydrogen-bond acceptors (Lipinski definition) is 6. The van der Waals surface area contributed by atoms with Gasteiger partial charge in [-0.2, -0.15) is 5.10 Å². The molecule has 0 radical (unpaired) electrons. The van der Waals surface area contributed by atoms with Crippen LogP contribution in [0.15, 0.2) is 54.9 Å². The quantitative estimate of drug-likeness (QED) is 0.203. The molecule has 4 aromatic heterocycles. The van der Waals surface area contributed by atoms with Crippen LogP contribution >= 0.6 is 0 Å². The summed E-state index contributed by atoms with van der Waals surface area (Å²) < 4.78 is 16.3. The minimum atomic E-state index is -0.263. The number of H-pyrrole nitrogens is 1. The van der Waals surface area contributed by atoms with Gasteiger partial charge in [-0.25, -0.2) is 4.39 Å². The Morgan fingerprint density at radius 1 is 1.12 bits per heavy atom. The van der Waals surface area contributed by atoms with Gasteiger partial charge in [0.1, 0.15) is 5.82 Å². The van der Waals surface area contributed by atoms with E-state index in [1.165, 1.54) is 6.07 Å². The zero-order valence-corrected chi connectivity index (χ0v) is 23.3. The van der Waals surface area contributed by atoms with Crippen LogP contribution in [-0.2, 0) is 19.5 Å². The number of amides is 1. The number of aryl methyl sites for hydroxylation is 2. The number of carbonyl (C=O) groups excluding carboxylic acids is 1. The number of carbonyl (C=O) groups is 1. The highest BCUT2D eigenvalue weighted by molar-refractivity contribution is 5.91. The van der Waals surface area contributed by atoms with Crippen molar-refractivity contribution in [3.05, 3.63) is 88.9 Å². The molecule has 4 heterocycles. The van der Waals surface area contributed by atoms with Crippen molar-refractivity contribution < 1.29 is 9.18 Å². The Morgan fingerprint density at radius 3 is 2.73 bits per heavy atom. The monoisotopic (exact) mass is 552 g/mol. The van der Waals surface area contributed by atoms with E-state index in [2.05, 4.69) is 55.7 Å². The van der Waals surface area contributed by atoms with E-state index < -0.39 is 0 Å². The Hall–Kier alpha value is -4.47. The Bertz CT molecular complexity index is 1670. The maximum atomic E-state index is 14.6. The smallest absolute Gasteiger partial charge is 0.273 e. The lowest BCUT2D eigenvalue weighted by atomic mass is 10.0. The van der Waals surface area contributed by atoms with Crippen LogP contribution in [0.5, 0.6) is 0 Å². The largest absolute Gasteiger partial charge is 0.346 e. The van der Waals surface area contributed by atoms with Crippen molar-refractivity contribution in [2.24, 2.45) is 0 Å². The Morgan fingerprint density at radius 2 is 1.98 bits per heavy atom. The van der Waals surface area contributed by atoms with E-state index in [0.717, 1.165) is 65.7 Å². The third kappa shape index (κ3) is 6.01. The fourth-order valence-electron chi connectivity index (χ4n) is 5.09. The molecule has 0 spiro atoms. The summed E-state index contributed by atoms with van der Waals surface area (Å²) in [6, 6.07) is 12.9. The molecule has 9 nitrogen and oxygen atoms in total. The molecule has 0 aliphatic heterocycles. The van der Waals surface area contributed by atoms with Crippen LogP contribution in [-0.4, -0.2) is 41.1 Å². The van der Waals surface area contributed by atoms with Crippen molar-refractivity contribution in [2.45, 2.75) is 70.9 Å². The topological polar surface area (TPSA) is 114 Å². The first kappa shape index (κ1) is 26.7. The zero-order chi connectivity index (χ0) is 28.3. The molecule has 1 saturated carbocycles. The Balaban J connectivity index is 1.03. The molecule has 41 heavy (non-hydrogen) atoms. The molecule has 1 aliphatic rings. The highest BCUT2D eigenvalue weighted by Crippen LogP contribution is 2.47. The molecule has 1 fully saturated rings. The molecule has 10 heteroatoms. The van der Waals surface area contributed by atoms with Crippen molar-refractivity contribution in [3.63, 3.8) is 0 Å². The predicted octanol–water partition coefficient (Wildman–Crippen LogP) is 5.70. The maximum Gasteiger partial charge on any atom is 0.273 e. The van der Waals surface area contributed by atoms with Gasteiger partial charge in [0.05, 0.1) is 17.6 Å². The molecule has 5 aromatic rings.